The molecule has 0 saturated carbocycles. The van der Waals surface area contributed by atoms with Crippen LogP contribution in [0.25, 0.3) is 0 Å². The van der Waals surface area contributed by atoms with Crippen LogP contribution < -0.4 is 4.90 Å². The summed E-state index contributed by atoms with van der Waals surface area (Å²) in [5.41, 5.74) is 1.47. The minimum atomic E-state index is -0.876. The number of carbonyl (C=O) groups is 2. The number of hydrogen-bond acceptors (Lipinski definition) is 2. The van der Waals surface area contributed by atoms with Crippen LogP contribution in [0.3, 0.4) is 0 Å². The second kappa shape index (κ2) is 3.96. The molecule has 84 valence electrons. The summed E-state index contributed by atoms with van der Waals surface area (Å²) in [7, 11) is 0. The number of amides is 1. The Morgan fingerprint density at radius 1 is 1.44 bits per heavy atom. The first-order chi connectivity index (χ1) is 7.65. The highest BCUT2D eigenvalue weighted by atomic mass is 16.4. The van der Waals surface area contributed by atoms with Gasteiger partial charge in [-0.05, 0) is 11.6 Å². The number of para-hydroxylation sites is 1. The number of anilines is 1. The van der Waals surface area contributed by atoms with Crippen LogP contribution in [0.1, 0.15) is 24.8 Å². The van der Waals surface area contributed by atoms with E-state index in [0.717, 1.165) is 11.3 Å². The van der Waals surface area contributed by atoms with Crippen LogP contribution in [0.5, 0.6) is 0 Å². The molecule has 0 bridgehead atoms. The first-order valence-electron chi connectivity index (χ1n) is 5.27. The summed E-state index contributed by atoms with van der Waals surface area (Å²) < 4.78 is 0. The van der Waals surface area contributed by atoms with Gasteiger partial charge in [-0.3, -0.25) is 9.59 Å². The second-order valence-corrected chi connectivity index (χ2v) is 3.81. The van der Waals surface area contributed by atoms with Crippen LogP contribution in [0, 0.1) is 0 Å². The number of benzene rings is 1. The Bertz CT molecular complexity index is 442. The Hall–Kier alpha value is -1.84. The molecule has 1 aromatic carbocycles. The molecule has 0 spiro atoms. The van der Waals surface area contributed by atoms with Crippen molar-refractivity contribution in [3.8, 4) is 0 Å². The Morgan fingerprint density at radius 3 is 2.75 bits per heavy atom. The van der Waals surface area contributed by atoms with Crippen LogP contribution >= 0.6 is 0 Å². The van der Waals surface area contributed by atoms with Crippen molar-refractivity contribution in [3.63, 3.8) is 0 Å². The zero-order valence-corrected chi connectivity index (χ0v) is 9.01. The largest absolute Gasteiger partial charge is 0.481 e. The molecule has 1 atom stereocenters. The molecule has 1 aromatic rings. The number of carbonyl (C=O) groups excluding carboxylic acids is 1. The molecule has 1 aliphatic rings. The maximum Gasteiger partial charge on any atom is 0.312 e. The lowest BCUT2D eigenvalue weighted by Crippen LogP contribution is -2.30. The van der Waals surface area contributed by atoms with Gasteiger partial charge >= 0.3 is 5.97 Å². The predicted octanol–water partition coefficient (Wildman–Crippen LogP) is 1.61. The van der Waals surface area contributed by atoms with Crippen molar-refractivity contribution in [3.05, 3.63) is 29.8 Å². The standard InChI is InChI=1S/C12H13NO3/c1-2-11(14)13-7-9(12(15)16)8-5-3-4-6-10(8)13/h3-6,9H,2,7H2,1H3,(H,15,16). The number of fused-ring (bicyclic) bond motifs is 1. The maximum atomic E-state index is 11.7. The van der Waals surface area contributed by atoms with Crippen molar-refractivity contribution in [2.75, 3.05) is 11.4 Å². The van der Waals surface area contributed by atoms with Gasteiger partial charge in [0.05, 0.1) is 0 Å². The first-order valence-corrected chi connectivity index (χ1v) is 5.27. The molecule has 0 radical (unpaired) electrons. The van der Waals surface area contributed by atoms with E-state index in [1.165, 1.54) is 0 Å². The summed E-state index contributed by atoms with van der Waals surface area (Å²) in [4.78, 5) is 24.3. The molecule has 1 amide bonds. The van der Waals surface area contributed by atoms with Crippen molar-refractivity contribution >= 4 is 17.6 Å². The predicted molar refractivity (Wildman–Crippen MR) is 59.5 cm³/mol. The fourth-order valence-corrected chi connectivity index (χ4v) is 2.05. The summed E-state index contributed by atoms with van der Waals surface area (Å²) in [5.74, 6) is -1.50. The van der Waals surface area contributed by atoms with E-state index in [1.54, 1.807) is 30.0 Å². The van der Waals surface area contributed by atoms with Gasteiger partial charge in [0.2, 0.25) is 5.91 Å². The lowest BCUT2D eigenvalue weighted by atomic mass is 10.0. The summed E-state index contributed by atoms with van der Waals surface area (Å²) in [6.45, 7) is 2.03. The topological polar surface area (TPSA) is 57.6 Å². The van der Waals surface area contributed by atoms with E-state index >= 15 is 0 Å². The lowest BCUT2D eigenvalue weighted by Gasteiger charge is -2.16. The number of aliphatic carboxylic acids is 1. The highest BCUT2D eigenvalue weighted by molar-refractivity contribution is 5.98. The molecule has 16 heavy (non-hydrogen) atoms. The number of nitrogens with zero attached hydrogens (tertiary/aromatic N) is 1. The Labute approximate surface area is 93.5 Å². The first kappa shape index (κ1) is 10.7. The lowest BCUT2D eigenvalue weighted by molar-refractivity contribution is -0.138. The molecule has 0 saturated heterocycles. The summed E-state index contributed by atoms with van der Waals surface area (Å²) in [6, 6.07) is 7.19. The summed E-state index contributed by atoms with van der Waals surface area (Å²) in [5, 5.41) is 9.09. The molecule has 4 nitrogen and oxygen atoms in total. The van der Waals surface area contributed by atoms with Crippen molar-refractivity contribution in [1.82, 2.24) is 0 Å². The van der Waals surface area contributed by atoms with Crippen LogP contribution in [-0.4, -0.2) is 23.5 Å². The van der Waals surface area contributed by atoms with E-state index in [1.807, 2.05) is 6.07 Å². The zero-order valence-electron chi connectivity index (χ0n) is 9.01. The highest BCUT2D eigenvalue weighted by Gasteiger charge is 2.35. The van der Waals surface area contributed by atoms with Gasteiger partial charge < -0.3 is 10.0 Å². The molecule has 2 rings (SSSR count). The van der Waals surface area contributed by atoms with E-state index in [0.29, 0.717) is 6.42 Å². The molecule has 1 unspecified atom stereocenters. The van der Waals surface area contributed by atoms with Gasteiger partial charge in [-0.2, -0.15) is 0 Å². The van der Waals surface area contributed by atoms with E-state index in [9.17, 15) is 9.59 Å². The Morgan fingerprint density at radius 2 is 2.12 bits per heavy atom. The maximum absolute atomic E-state index is 11.7. The van der Waals surface area contributed by atoms with Gasteiger partial charge in [0.25, 0.3) is 0 Å². The van der Waals surface area contributed by atoms with Crippen LogP contribution in [0.2, 0.25) is 0 Å². The molecule has 0 fully saturated rings. The van der Waals surface area contributed by atoms with E-state index < -0.39 is 11.9 Å². The third-order valence-electron chi connectivity index (χ3n) is 2.87. The summed E-state index contributed by atoms with van der Waals surface area (Å²) in [6.07, 6.45) is 0.390. The van der Waals surface area contributed by atoms with Crippen LogP contribution in [0.4, 0.5) is 5.69 Å². The summed E-state index contributed by atoms with van der Waals surface area (Å²) >= 11 is 0. The molecule has 1 aliphatic heterocycles. The normalized spacial score (nSPS) is 18.3. The smallest absolute Gasteiger partial charge is 0.312 e. The number of hydrogen-bond donors (Lipinski definition) is 1. The van der Waals surface area contributed by atoms with Crippen LogP contribution in [-0.2, 0) is 9.59 Å². The number of carboxylic acid groups (broad SMARTS) is 1. The third-order valence-corrected chi connectivity index (χ3v) is 2.87. The Kier molecular flexibility index (Phi) is 2.64. The number of rotatable bonds is 2. The molecule has 4 heteroatoms. The third kappa shape index (κ3) is 1.56. The average Bonchev–Trinajstić information content (AvgIpc) is 2.67. The quantitative estimate of drug-likeness (QED) is 0.822. The van der Waals surface area contributed by atoms with E-state index in [-0.39, 0.29) is 12.5 Å². The monoisotopic (exact) mass is 219 g/mol. The average molecular weight is 219 g/mol. The molecular formula is C12H13NO3. The van der Waals surface area contributed by atoms with E-state index in [4.69, 9.17) is 5.11 Å². The van der Waals surface area contributed by atoms with Gasteiger partial charge in [0.1, 0.15) is 5.92 Å². The zero-order chi connectivity index (χ0) is 11.7. The van der Waals surface area contributed by atoms with Crippen molar-refractivity contribution in [2.45, 2.75) is 19.3 Å². The number of carboxylic acids is 1. The van der Waals surface area contributed by atoms with Gasteiger partial charge in [0, 0.05) is 18.7 Å². The van der Waals surface area contributed by atoms with Crippen LogP contribution in [0.15, 0.2) is 24.3 Å². The van der Waals surface area contributed by atoms with Gasteiger partial charge in [-0.15, -0.1) is 0 Å². The van der Waals surface area contributed by atoms with Gasteiger partial charge in [0.15, 0.2) is 0 Å². The fourth-order valence-electron chi connectivity index (χ4n) is 2.05. The van der Waals surface area contributed by atoms with E-state index in [2.05, 4.69) is 0 Å². The Balaban J connectivity index is 2.43. The molecular weight excluding hydrogens is 206 g/mol. The second-order valence-electron chi connectivity index (χ2n) is 3.81. The van der Waals surface area contributed by atoms with Gasteiger partial charge in [-0.25, -0.2) is 0 Å². The van der Waals surface area contributed by atoms with Crippen molar-refractivity contribution < 1.29 is 14.7 Å². The highest BCUT2D eigenvalue weighted by Crippen LogP contribution is 2.36. The van der Waals surface area contributed by atoms with Gasteiger partial charge in [-0.1, -0.05) is 25.1 Å². The minimum absolute atomic E-state index is 0.0313. The SMILES string of the molecule is CCC(=O)N1CC(C(=O)O)c2ccccc21. The minimum Gasteiger partial charge on any atom is -0.481 e. The van der Waals surface area contributed by atoms with Crippen molar-refractivity contribution in [1.29, 1.82) is 0 Å². The molecule has 1 N–H and O–H groups in total. The molecule has 0 aromatic heterocycles. The van der Waals surface area contributed by atoms with Crippen molar-refractivity contribution in [2.24, 2.45) is 0 Å². The molecule has 0 aliphatic carbocycles. The molecule has 1 heterocycles. The fraction of sp³-hybridized carbons (Fsp3) is 0.333.